The van der Waals surface area contributed by atoms with Crippen molar-refractivity contribution in [2.24, 2.45) is 11.7 Å². The summed E-state index contributed by atoms with van der Waals surface area (Å²) >= 11 is 0. The molecule has 4 N–H and O–H groups in total. The van der Waals surface area contributed by atoms with Gasteiger partial charge in [-0.25, -0.2) is 5.43 Å². The van der Waals surface area contributed by atoms with Gasteiger partial charge in [-0.05, 0) is 44.2 Å². The van der Waals surface area contributed by atoms with Gasteiger partial charge in [0.25, 0.3) is 0 Å². The minimum Gasteiger partial charge on any atom is -0.463 e. The zero-order chi connectivity index (χ0) is 14.8. The summed E-state index contributed by atoms with van der Waals surface area (Å²) in [7, 11) is 0. The Morgan fingerprint density at radius 1 is 1.57 bits per heavy atom. The fraction of sp³-hybridized carbons (Fsp3) is 0.438. The van der Waals surface area contributed by atoms with Crippen LogP contribution in [0.2, 0.25) is 0 Å². The van der Waals surface area contributed by atoms with E-state index in [2.05, 4.69) is 18.4 Å². The van der Waals surface area contributed by atoms with Gasteiger partial charge >= 0.3 is 0 Å². The number of furan rings is 1. The van der Waals surface area contributed by atoms with Crippen LogP contribution in [0.4, 0.5) is 0 Å². The van der Waals surface area contributed by atoms with Crippen molar-refractivity contribution < 1.29 is 4.42 Å². The summed E-state index contributed by atoms with van der Waals surface area (Å²) in [6.45, 7) is 3.68. The van der Waals surface area contributed by atoms with E-state index in [9.17, 15) is 0 Å². The quantitative estimate of drug-likeness (QED) is 0.586. The Hall–Kier alpha value is -2.01. The Labute approximate surface area is 125 Å². The molecule has 5 nitrogen and oxygen atoms in total. The Bertz CT molecular complexity index is 585. The summed E-state index contributed by atoms with van der Waals surface area (Å²) in [5.41, 5.74) is 12.2. The molecule has 1 atom stereocenters. The number of allylic oxidation sites excluding steroid dienone is 2. The van der Waals surface area contributed by atoms with E-state index >= 15 is 0 Å². The molecule has 2 heterocycles. The SMILES string of the molecule is CC1=CCCC(CN2NCC(C(=N)c3ccco3)=C2N)C1. The standard InChI is InChI=1S/C16H22N4O/c1-11-4-2-5-12(8-11)10-20-16(18)13(9-19-20)15(17)14-6-3-7-21-14/h3-4,6-7,12,17,19H,2,5,8-10,18H2,1H3. The Kier molecular flexibility index (Phi) is 3.84. The second-order valence-corrected chi connectivity index (χ2v) is 5.86. The van der Waals surface area contributed by atoms with Crippen molar-refractivity contribution >= 4 is 5.71 Å². The monoisotopic (exact) mass is 286 g/mol. The lowest BCUT2D eigenvalue weighted by atomic mass is 9.89. The van der Waals surface area contributed by atoms with E-state index < -0.39 is 0 Å². The van der Waals surface area contributed by atoms with E-state index in [1.807, 2.05) is 5.01 Å². The smallest absolute Gasteiger partial charge is 0.151 e. The molecule has 1 aliphatic carbocycles. The van der Waals surface area contributed by atoms with Crippen LogP contribution in [0, 0.1) is 11.3 Å². The number of rotatable bonds is 4. The normalized spacial score (nSPS) is 22.6. The van der Waals surface area contributed by atoms with Gasteiger partial charge in [-0.3, -0.25) is 10.4 Å². The third-order valence-electron chi connectivity index (χ3n) is 4.24. The highest BCUT2D eigenvalue weighted by molar-refractivity contribution is 6.09. The predicted octanol–water partition coefficient (Wildman–Crippen LogP) is 2.38. The molecular weight excluding hydrogens is 264 g/mol. The van der Waals surface area contributed by atoms with Gasteiger partial charge in [0.05, 0.1) is 6.26 Å². The van der Waals surface area contributed by atoms with Gasteiger partial charge < -0.3 is 10.2 Å². The van der Waals surface area contributed by atoms with Crippen molar-refractivity contribution in [3.05, 3.63) is 47.2 Å². The molecule has 1 unspecified atom stereocenters. The van der Waals surface area contributed by atoms with Crippen LogP contribution in [0.1, 0.15) is 31.9 Å². The van der Waals surface area contributed by atoms with Crippen LogP contribution in [0.5, 0.6) is 0 Å². The average molecular weight is 286 g/mol. The number of nitrogens with zero attached hydrogens (tertiary/aromatic N) is 1. The van der Waals surface area contributed by atoms with Crippen molar-refractivity contribution in [2.45, 2.75) is 26.2 Å². The van der Waals surface area contributed by atoms with E-state index in [0.29, 0.717) is 29.8 Å². The molecule has 2 aliphatic rings. The minimum atomic E-state index is 0.368. The van der Waals surface area contributed by atoms with E-state index in [1.54, 1.807) is 18.4 Å². The number of hydrogen-bond donors (Lipinski definition) is 3. The van der Waals surface area contributed by atoms with Crippen molar-refractivity contribution in [1.29, 1.82) is 5.41 Å². The number of nitrogens with two attached hydrogens (primary N) is 1. The first-order valence-electron chi connectivity index (χ1n) is 7.43. The first kappa shape index (κ1) is 13.9. The summed E-state index contributed by atoms with van der Waals surface area (Å²) < 4.78 is 5.29. The summed E-state index contributed by atoms with van der Waals surface area (Å²) in [6, 6.07) is 3.58. The molecule has 5 heteroatoms. The third-order valence-corrected chi connectivity index (χ3v) is 4.24. The van der Waals surface area contributed by atoms with Gasteiger partial charge in [0.2, 0.25) is 0 Å². The molecule has 21 heavy (non-hydrogen) atoms. The molecule has 1 aromatic rings. The van der Waals surface area contributed by atoms with Crippen LogP contribution in [0.15, 0.2) is 45.9 Å². The summed E-state index contributed by atoms with van der Waals surface area (Å²) in [4.78, 5) is 0. The van der Waals surface area contributed by atoms with Crippen molar-refractivity contribution in [1.82, 2.24) is 10.4 Å². The van der Waals surface area contributed by atoms with Gasteiger partial charge in [-0.1, -0.05) is 11.6 Å². The molecule has 1 aromatic heterocycles. The van der Waals surface area contributed by atoms with E-state index in [0.717, 1.165) is 25.0 Å². The average Bonchev–Trinajstić information content (AvgIpc) is 3.10. The fourth-order valence-corrected chi connectivity index (χ4v) is 3.08. The highest BCUT2D eigenvalue weighted by atomic mass is 16.3. The molecule has 0 saturated heterocycles. The van der Waals surface area contributed by atoms with Gasteiger partial charge in [-0.2, -0.15) is 0 Å². The zero-order valence-electron chi connectivity index (χ0n) is 12.4. The van der Waals surface area contributed by atoms with Crippen molar-refractivity contribution in [3.63, 3.8) is 0 Å². The molecule has 112 valence electrons. The minimum absolute atomic E-state index is 0.368. The molecule has 0 bridgehead atoms. The second kappa shape index (κ2) is 5.77. The molecule has 0 aromatic carbocycles. The maximum absolute atomic E-state index is 8.21. The van der Waals surface area contributed by atoms with Crippen LogP contribution >= 0.6 is 0 Å². The van der Waals surface area contributed by atoms with Gasteiger partial charge in [0.1, 0.15) is 11.5 Å². The van der Waals surface area contributed by atoms with Crippen LogP contribution in [-0.4, -0.2) is 23.8 Å². The van der Waals surface area contributed by atoms with Crippen LogP contribution in [0.3, 0.4) is 0 Å². The molecule has 0 amide bonds. The van der Waals surface area contributed by atoms with Crippen LogP contribution in [0.25, 0.3) is 0 Å². The van der Waals surface area contributed by atoms with E-state index in [4.69, 9.17) is 15.6 Å². The fourth-order valence-electron chi connectivity index (χ4n) is 3.08. The number of hydrazine groups is 1. The predicted molar refractivity (Wildman–Crippen MR) is 82.6 cm³/mol. The molecule has 0 fully saturated rings. The van der Waals surface area contributed by atoms with Gasteiger partial charge in [0.15, 0.2) is 5.76 Å². The largest absolute Gasteiger partial charge is 0.463 e. The van der Waals surface area contributed by atoms with Gasteiger partial charge in [-0.15, -0.1) is 0 Å². The number of nitrogens with one attached hydrogen (secondary N) is 2. The van der Waals surface area contributed by atoms with Crippen molar-refractivity contribution in [3.8, 4) is 0 Å². The molecule has 0 saturated carbocycles. The van der Waals surface area contributed by atoms with Crippen molar-refractivity contribution in [2.75, 3.05) is 13.1 Å². The molecule has 0 spiro atoms. The van der Waals surface area contributed by atoms with Crippen LogP contribution < -0.4 is 11.2 Å². The maximum atomic E-state index is 8.21. The first-order chi connectivity index (χ1) is 10.1. The summed E-state index contributed by atoms with van der Waals surface area (Å²) in [6.07, 6.45) is 7.40. The molecule has 0 radical (unpaired) electrons. The van der Waals surface area contributed by atoms with E-state index in [-0.39, 0.29) is 0 Å². The maximum Gasteiger partial charge on any atom is 0.151 e. The lowest BCUT2D eigenvalue weighted by Crippen LogP contribution is -2.38. The highest BCUT2D eigenvalue weighted by Crippen LogP contribution is 2.26. The van der Waals surface area contributed by atoms with E-state index in [1.165, 1.54) is 12.0 Å². The van der Waals surface area contributed by atoms with Crippen LogP contribution in [-0.2, 0) is 0 Å². The Morgan fingerprint density at radius 3 is 3.14 bits per heavy atom. The molecule has 3 rings (SSSR count). The summed E-state index contributed by atoms with van der Waals surface area (Å²) in [5.74, 6) is 1.84. The summed E-state index contributed by atoms with van der Waals surface area (Å²) in [5, 5.41) is 10.2. The van der Waals surface area contributed by atoms with Gasteiger partial charge in [0, 0.05) is 18.7 Å². The molecular formula is C16H22N4O. The second-order valence-electron chi connectivity index (χ2n) is 5.86. The lowest BCUT2D eigenvalue weighted by molar-refractivity contribution is 0.223. The highest BCUT2D eigenvalue weighted by Gasteiger charge is 2.27. The third kappa shape index (κ3) is 2.88. The Balaban J connectivity index is 1.69. The zero-order valence-corrected chi connectivity index (χ0v) is 12.4. The topological polar surface area (TPSA) is 78.3 Å². The lowest BCUT2D eigenvalue weighted by Gasteiger charge is -2.28. The Morgan fingerprint density at radius 2 is 2.43 bits per heavy atom. The molecule has 1 aliphatic heterocycles. The number of hydrogen-bond acceptors (Lipinski definition) is 5. The first-order valence-corrected chi connectivity index (χ1v) is 7.43.